The third kappa shape index (κ3) is 9.47. The van der Waals surface area contributed by atoms with Crippen LogP contribution < -0.4 is 19.6 Å². The van der Waals surface area contributed by atoms with Crippen molar-refractivity contribution in [3.63, 3.8) is 0 Å². The minimum absolute atomic E-state index is 0.710. The molecule has 0 radical (unpaired) electrons. The lowest BCUT2D eigenvalue weighted by Crippen LogP contribution is -2.08. The molecule has 0 amide bonds. The quantitative estimate of drug-likeness (QED) is 0.139. The van der Waals surface area contributed by atoms with Crippen molar-refractivity contribution in [1.82, 2.24) is 29.9 Å². The number of pyridine rings is 4. The van der Waals surface area contributed by atoms with Crippen molar-refractivity contribution >= 4 is 71.4 Å². The van der Waals surface area contributed by atoms with E-state index in [1.807, 2.05) is 174 Å². The van der Waals surface area contributed by atoms with E-state index < -0.39 is 0 Å². The van der Waals surface area contributed by atoms with Crippen molar-refractivity contribution in [2.45, 2.75) is 0 Å². The van der Waals surface area contributed by atoms with Gasteiger partial charge < -0.3 is 19.6 Å². The van der Waals surface area contributed by atoms with Crippen molar-refractivity contribution in [2.75, 3.05) is 76.0 Å². The van der Waals surface area contributed by atoms with Gasteiger partial charge in [-0.15, -0.1) is 0 Å². The summed E-state index contributed by atoms with van der Waals surface area (Å²) >= 11 is 0. The first-order valence-electron chi connectivity index (χ1n) is 16.2. The van der Waals surface area contributed by atoms with Gasteiger partial charge in [-0.3, -0.25) is 19.9 Å². The molecule has 5 rings (SSSR count). The largest absolute Gasteiger partial charge is 0.376 e. The number of hydrogen-bond acceptors (Lipinski definition) is 10. The van der Waals surface area contributed by atoms with Gasteiger partial charge in [0.25, 0.3) is 0 Å². The van der Waals surface area contributed by atoms with Crippen LogP contribution in [-0.2, 0) is 0 Å². The number of anilines is 4. The Bertz CT molecular complexity index is 1750. The van der Waals surface area contributed by atoms with Gasteiger partial charge in [0.1, 0.15) is 0 Å². The molecule has 0 aromatic carbocycles. The zero-order valence-electron chi connectivity index (χ0n) is 30.0. The molecule has 0 saturated carbocycles. The molecule has 10 nitrogen and oxygen atoms in total. The van der Waals surface area contributed by atoms with E-state index in [1.165, 1.54) is 0 Å². The average Bonchev–Trinajstić information content (AvgIpc) is 3.12. The van der Waals surface area contributed by atoms with Crippen molar-refractivity contribution in [3.8, 4) is 0 Å². The second kappa shape index (κ2) is 16.3. The summed E-state index contributed by atoms with van der Waals surface area (Å²) in [6.45, 7) is 0. The summed E-state index contributed by atoms with van der Waals surface area (Å²) in [5.74, 6) is 0. The maximum atomic E-state index is 5.19. The lowest BCUT2D eigenvalue weighted by atomic mass is 10.1. The van der Waals surface area contributed by atoms with Crippen molar-refractivity contribution in [3.05, 3.63) is 119 Å². The molecule has 0 fully saturated rings. The molecular weight excluding hydrogens is 621 g/mol. The second-order valence-electron chi connectivity index (χ2n) is 12.6. The normalized spacial score (nSPS) is 11.7. The highest BCUT2D eigenvalue weighted by Gasteiger charge is 2.10. The van der Waals surface area contributed by atoms with E-state index in [1.54, 1.807) is 0 Å². The van der Waals surface area contributed by atoms with Crippen LogP contribution in [0.25, 0.3) is 48.6 Å². The Morgan fingerprint density at radius 2 is 0.540 bits per heavy atom. The monoisotopic (exact) mass is 664 g/mol. The topological polar surface area (TPSA) is 90.3 Å². The molecule has 0 unspecified atom stereocenters. The average molecular weight is 665 g/mol. The molecule has 50 heavy (non-hydrogen) atoms. The Morgan fingerprint density at radius 1 is 0.320 bits per heavy atom. The summed E-state index contributed by atoms with van der Waals surface area (Å²) < 4.78 is 0. The fraction of sp³-hybridized carbons (Fsp3) is 0.200. The van der Waals surface area contributed by atoms with Crippen LogP contribution in [0, 0.1) is 0 Å². The van der Waals surface area contributed by atoms with E-state index in [0.717, 1.165) is 45.0 Å². The first-order valence-corrected chi connectivity index (χ1v) is 16.2. The van der Waals surface area contributed by atoms with Crippen LogP contribution in [0.4, 0.5) is 22.7 Å². The summed E-state index contributed by atoms with van der Waals surface area (Å²) in [7, 11) is 16.0. The van der Waals surface area contributed by atoms with E-state index in [2.05, 4.69) is 44.2 Å². The van der Waals surface area contributed by atoms with Crippen molar-refractivity contribution in [2.24, 2.45) is 0 Å². The standard InChI is InChI=1S/C40H44N10/c1-47(2)33-17-29(21-41-25-33)9-13-37-38(14-10-30-18-34(48(3)4)26-42-22-30)46-40(16-12-32-20-36(50(7)8)28-44-24-32)39(45-37)15-11-31-19-35(49(5)6)27-43-23-31/h9-28H,1-8H3/b13-9+,14-10+,15-11+,16-12+. The smallest absolute Gasteiger partial charge is 0.0894 e. The van der Waals surface area contributed by atoms with Gasteiger partial charge in [0, 0.05) is 81.2 Å². The first kappa shape index (κ1) is 35.2. The van der Waals surface area contributed by atoms with E-state index in [0.29, 0.717) is 22.8 Å². The van der Waals surface area contributed by atoms with Crippen LogP contribution in [0.15, 0.2) is 73.8 Å². The lowest BCUT2D eigenvalue weighted by Gasteiger charge is -2.12. The van der Waals surface area contributed by atoms with Gasteiger partial charge in [0.05, 0.1) is 70.3 Å². The molecule has 0 bridgehead atoms. The van der Waals surface area contributed by atoms with E-state index in [9.17, 15) is 0 Å². The van der Waals surface area contributed by atoms with Gasteiger partial charge in [-0.25, -0.2) is 9.97 Å². The Balaban J connectivity index is 1.65. The molecular formula is C40H44N10. The predicted octanol–water partition coefficient (Wildman–Crippen LogP) is 7.00. The molecule has 5 aromatic rings. The fourth-order valence-electron chi connectivity index (χ4n) is 4.80. The van der Waals surface area contributed by atoms with Crippen molar-refractivity contribution in [1.29, 1.82) is 0 Å². The van der Waals surface area contributed by atoms with Crippen LogP contribution in [0.2, 0.25) is 0 Å². The summed E-state index contributed by atoms with van der Waals surface area (Å²) in [4.78, 5) is 36.2. The van der Waals surface area contributed by atoms with Crippen molar-refractivity contribution < 1.29 is 0 Å². The van der Waals surface area contributed by atoms with Gasteiger partial charge in [0.15, 0.2) is 0 Å². The SMILES string of the molecule is CN(C)c1cncc(/C=C/c2nc(/C=C/c3cncc(N(C)C)c3)c(/C=C/c3cncc(N(C)C)c3)nc2/C=C/c2cncc(N(C)C)c2)c1. The van der Waals surface area contributed by atoms with Crippen LogP contribution in [0.5, 0.6) is 0 Å². The van der Waals surface area contributed by atoms with Gasteiger partial charge >= 0.3 is 0 Å². The summed E-state index contributed by atoms with van der Waals surface area (Å²) in [6.07, 6.45) is 30.7. The number of rotatable bonds is 12. The highest BCUT2D eigenvalue weighted by Crippen LogP contribution is 2.23. The van der Waals surface area contributed by atoms with E-state index >= 15 is 0 Å². The molecule has 0 aliphatic rings. The summed E-state index contributed by atoms with van der Waals surface area (Å²) in [5.41, 5.74) is 10.7. The molecule has 0 saturated heterocycles. The van der Waals surface area contributed by atoms with Gasteiger partial charge in [-0.05, 0) is 70.8 Å². The Labute approximate surface area is 295 Å². The van der Waals surface area contributed by atoms with Crippen LogP contribution >= 0.6 is 0 Å². The van der Waals surface area contributed by atoms with Crippen LogP contribution in [0.3, 0.4) is 0 Å². The molecule has 0 aliphatic carbocycles. The third-order valence-corrected chi connectivity index (χ3v) is 7.79. The van der Waals surface area contributed by atoms with E-state index in [-0.39, 0.29) is 0 Å². The molecule has 254 valence electrons. The summed E-state index contributed by atoms with van der Waals surface area (Å²) in [5, 5.41) is 0. The number of aromatic nitrogens is 6. The molecule has 0 spiro atoms. The maximum absolute atomic E-state index is 5.19. The fourth-order valence-corrected chi connectivity index (χ4v) is 4.80. The number of nitrogens with zero attached hydrogens (tertiary/aromatic N) is 10. The van der Waals surface area contributed by atoms with E-state index in [4.69, 9.17) is 9.97 Å². The van der Waals surface area contributed by atoms with Gasteiger partial charge in [0.2, 0.25) is 0 Å². The first-order chi connectivity index (χ1) is 24.0. The number of hydrogen-bond donors (Lipinski definition) is 0. The molecule has 0 atom stereocenters. The molecule has 0 aliphatic heterocycles. The van der Waals surface area contributed by atoms with Gasteiger partial charge in [-0.2, -0.15) is 0 Å². The maximum Gasteiger partial charge on any atom is 0.0894 e. The minimum Gasteiger partial charge on any atom is -0.376 e. The lowest BCUT2D eigenvalue weighted by molar-refractivity contribution is 1.11. The predicted molar refractivity (Wildman–Crippen MR) is 212 cm³/mol. The highest BCUT2D eigenvalue weighted by molar-refractivity contribution is 5.82. The summed E-state index contributed by atoms with van der Waals surface area (Å²) in [6, 6.07) is 8.35. The Morgan fingerprint density at radius 3 is 0.740 bits per heavy atom. The minimum atomic E-state index is 0.710. The molecule has 5 heterocycles. The third-order valence-electron chi connectivity index (χ3n) is 7.79. The zero-order valence-corrected chi connectivity index (χ0v) is 30.0. The Kier molecular flexibility index (Phi) is 11.5. The van der Waals surface area contributed by atoms with Gasteiger partial charge in [-0.1, -0.05) is 24.3 Å². The second-order valence-corrected chi connectivity index (χ2v) is 12.6. The van der Waals surface area contributed by atoms with Crippen LogP contribution in [-0.4, -0.2) is 86.3 Å². The molecule has 10 heteroatoms. The molecule has 5 aromatic heterocycles. The molecule has 0 N–H and O–H groups in total. The zero-order chi connectivity index (χ0) is 35.6. The van der Waals surface area contributed by atoms with Crippen LogP contribution in [0.1, 0.15) is 45.0 Å². The Hall–Kier alpha value is -6.16. The highest BCUT2D eigenvalue weighted by atomic mass is 15.1.